The van der Waals surface area contributed by atoms with Crippen LogP contribution in [0.25, 0.3) is 0 Å². The third-order valence-corrected chi connectivity index (χ3v) is 2.95. The Morgan fingerprint density at radius 3 is 2.10 bits per heavy atom. The van der Waals surface area contributed by atoms with Crippen LogP contribution < -0.4 is 14.8 Å². The second-order valence-electron chi connectivity index (χ2n) is 4.21. The molecule has 1 amide bonds. The van der Waals surface area contributed by atoms with Crippen molar-refractivity contribution in [2.24, 2.45) is 0 Å². The van der Waals surface area contributed by atoms with Crippen molar-refractivity contribution in [2.45, 2.75) is 6.54 Å². The van der Waals surface area contributed by atoms with Crippen LogP contribution in [0.3, 0.4) is 0 Å². The van der Waals surface area contributed by atoms with Crippen LogP contribution in [-0.4, -0.2) is 20.1 Å². The Bertz CT molecular complexity index is 559. The van der Waals surface area contributed by atoms with Gasteiger partial charge in [-0.25, -0.2) is 0 Å². The van der Waals surface area contributed by atoms with Crippen molar-refractivity contribution in [1.82, 2.24) is 5.32 Å². The lowest BCUT2D eigenvalue weighted by Crippen LogP contribution is -2.24. The summed E-state index contributed by atoms with van der Waals surface area (Å²) in [5, 5.41) is 2.87. The molecule has 0 aliphatic heterocycles. The minimum absolute atomic E-state index is 0.219. The van der Waals surface area contributed by atoms with E-state index in [1.807, 2.05) is 30.3 Å². The van der Waals surface area contributed by atoms with Crippen molar-refractivity contribution in [3.8, 4) is 11.5 Å². The van der Waals surface area contributed by atoms with Gasteiger partial charge in [0, 0.05) is 6.54 Å². The van der Waals surface area contributed by atoms with Gasteiger partial charge in [0.25, 0.3) is 5.91 Å². The van der Waals surface area contributed by atoms with Gasteiger partial charge in [-0.1, -0.05) is 36.4 Å². The SMILES string of the molecule is COc1cccc(OC)c1C(=O)NCc1ccccc1. The molecule has 0 saturated carbocycles. The summed E-state index contributed by atoms with van der Waals surface area (Å²) >= 11 is 0. The summed E-state index contributed by atoms with van der Waals surface area (Å²) in [6.45, 7) is 0.459. The number of carbonyl (C=O) groups excluding carboxylic acids is 1. The minimum Gasteiger partial charge on any atom is -0.496 e. The first-order valence-corrected chi connectivity index (χ1v) is 6.29. The molecule has 4 nitrogen and oxygen atoms in total. The van der Waals surface area contributed by atoms with Gasteiger partial charge in [-0.3, -0.25) is 4.79 Å². The third kappa shape index (κ3) is 3.09. The Labute approximate surface area is 118 Å². The number of nitrogens with one attached hydrogen (secondary N) is 1. The molecule has 0 unspecified atom stereocenters. The molecule has 1 N–H and O–H groups in total. The van der Waals surface area contributed by atoms with Gasteiger partial charge in [0.2, 0.25) is 0 Å². The number of rotatable bonds is 5. The zero-order valence-corrected chi connectivity index (χ0v) is 11.6. The molecule has 0 aromatic heterocycles. The Morgan fingerprint density at radius 1 is 0.950 bits per heavy atom. The number of ether oxygens (including phenoxy) is 2. The number of hydrogen-bond acceptors (Lipinski definition) is 3. The molecule has 2 aromatic carbocycles. The van der Waals surface area contributed by atoms with E-state index in [0.29, 0.717) is 23.6 Å². The Hall–Kier alpha value is -2.49. The molecule has 0 aliphatic rings. The second-order valence-corrected chi connectivity index (χ2v) is 4.21. The molecule has 2 aromatic rings. The van der Waals surface area contributed by atoms with Crippen molar-refractivity contribution in [3.63, 3.8) is 0 Å². The summed E-state index contributed by atoms with van der Waals surface area (Å²) in [6, 6.07) is 15.0. The van der Waals surface area contributed by atoms with Gasteiger partial charge in [0.05, 0.1) is 14.2 Å². The molecule has 0 aliphatic carbocycles. The molecule has 2 rings (SSSR count). The fourth-order valence-electron chi connectivity index (χ4n) is 1.94. The maximum Gasteiger partial charge on any atom is 0.259 e. The van der Waals surface area contributed by atoms with Gasteiger partial charge in [-0.05, 0) is 17.7 Å². The zero-order valence-electron chi connectivity index (χ0n) is 11.6. The average molecular weight is 271 g/mol. The van der Waals surface area contributed by atoms with Gasteiger partial charge in [-0.2, -0.15) is 0 Å². The first-order chi connectivity index (χ1) is 9.76. The van der Waals surface area contributed by atoms with E-state index in [0.717, 1.165) is 5.56 Å². The lowest BCUT2D eigenvalue weighted by molar-refractivity contribution is 0.0944. The van der Waals surface area contributed by atoms with Crippen LogP contribution in [0.2, 0.25) is 0 Å². The molecular weight excluding hydrogens is 254 g/mol. The van der Waals surface area contributed by atoms with Crippen LogP contribution in [0.4, 0.5) is 0 Å². The lowest BCUT2D eigenvalue weighted by Gasteiger charge is -2.13. The molecule has 20 heavy (non-hydrogen) atoms. The largest absolute Gasteiger partial charge is 0.496 e. The molecule has 0 bridgehead atoms. The fraction of sp³-hybridized carbons (Fsp3) is 0.188. The van der Waals surface area contributed by atoms with Crippen LogP contribution in [0.1, 0.15) is 15.9 Å². The van der Waals surface area contributed by atoms with Gasteiger partial charge in [0.1, 0.15) is 17.1 Å². The van der Waals surface area contributed by atoms with Crippen molar-refractivity contribution in [3.05, 3.63) is 59.7 Å². The third-order valence-electron chi connectivity index (χ3n) is 2.95. The minimum atomic E-state index is -0.219. The van der Waals surface area contributed by atoms with Crippen LogP contribution in [0, 0.1) is 0 Å². The molecule has 0 heterocycles. The molecule has 4 heteroatoms. The molecule has 0 atom stereocenters. The summed E-state index contributed by atoms with van der Waals surface area (Å²) in [7, 11) is 3.06. The molecule has 0 spiro atoms. The monoisotopic (exact) mass is 271 g/mol. The fourth-order valence-corrected chi connectivity index (χ4v) is 1.94. The van der Waals surface area contributed by atoms with E-state index in [4.69, 9.17) is 9.47 Å². The van der Waals surface area contributed by atoms with Crippen molar-refractivity contribution < 1.29 is 14.3 Å². The molecule has 104 valence electrons. The molecule has 0 saturated heterocycles. The smallest absolute Gasteiger partial charge is 0.259 e. The van der Waals surface area contributed by atoms with E-state index in [1.54, 1.807) is 18.2 Å². The van der Waals surface area contributed by atoms with Gasteiger partial charge < -0.3 is 14.8 Å². The molecular formula is C16H17NO3. The summed E-state index contributed by atoms with van der Waals surface area (Å²) < 4.78 is 10.4. The number of amides is 1. The van der Waals surface area contributed by atoms with Crippen molar-refractivity contribution in [2.75, 3.05) is 14.2 Å². The predicted molar refractivity (Wildman–Crippen MR) is 77.2 cm³/mol. The highest BCUT2D eigenvalue weighted by Gasteiger charge is 2.17. The van der Waals surface area contributed by atoms with Gasteiger partial charge in [-0.15, -0.1) is 0 Å². The summed E-state index contributed by atoms with van der Waals surface area (Å²) in [4.78, 5) is 12.3. The van der Waals surface area contributed by atoms with Gasteiger partial charge >= 0.3 is 0 Å². The second kappa shape index (κ2) is 6.61. The number of methoxy groups -OCH3 is 2. The van der Waals surface area contributed by atoms with Crippen molar-refractivity contribution >= 4 is 5.91 Å². The highest BCUT2D eigenvalue weighted by molar-refractivity contribution is 5.99. The highest BCUT2D eigenvalue weighted by Crippen LogP contribution is 2.27. The van der Waals surface area contributed by atoms with Crippen LogP contribution in [0.15, 0.2) is 48.5 Å². The van der Waals surface area contributed by atoms with E-state index < -0.39 is 0 Å². The Kier molecular flexibility index (Phi) is 4.60. The number of benzene rings is 2. The Balaban J connectivity index is 2.16. The topological polar surface area (TPSA) is 47.6 Å². The van der Waals surface area contributed by atoms with Crippen molar-refractivity contribution in [1.29, 1.82) is 0 Å². The highest BCUT2D eigenvalue weighted by atomic mass is 16.5. The molecule has 0 radical (unpaired) electrons. The standard InChI is InChI=1S/C16H17NO3/c1-19-13-9-6-10-14(20-2)15(13)16(18)17-11-12-7-4-3-5-8-12/h3-10H,11H2,1-2H3,(H,17,18). The predicted octanol–water partition coefficient (Wildman–Crippen LogP) is 2.63. The maximum absolute atomic E-state index is 12.3. The lowest BCUT2D eigenvalue weighted by atomic mass is 10.1. The zero-order chi connectivity index (χ0) is 14.4. The van der Waals surface area contributed by atoms with E-state index in [2.05, 4.69) is 5.32 Å². The molecule has 0 fully saturated rings. The van der Waals surface area contributed by atoms with E-state index >= 15 is 0 Å². The van der Waals surface area contributed by atoms with Crippen LogP contribution >= 0.6 is 0 Å². The Morgan fingerprint density at radius 2 is 1.55 bits per heavy atom. The summed E-state index contributed by atoms with van der Waals surface area (Å²) in [5.41, 5.74) is 1.45. The van der Waals surface area contributed by atoms with Crippen LogP contribution in [0.5, 0.6) is 11.5 Å². The first kappa shape index (κ1) is 13.9. The summed E-state index contributed by atoms with van der Waals surface area (Å²) in [5.74, 6) is 0.771. The van der Waals surface area contributed by atoms with E-state index in [1.165, 1.54) is 14.2 Å². The average Bonchev–Trinajstić information content (AvgIpc) is 2.52. The maximum atomic E-state index is 12.3. The number of carbonyl (C=O) groups is 1. The van der Waals surface area contributed by atoms with Gasteiger partial charge in [0.15, 0.2) is 0 Å². The van der Waals surface area contributed by atoms with Crippen LogP contribution in [-0.2, 0) is 6.54 Å². The summed E-state index contributed by atoms with van der Waals surface area (Å²) in [6.07, 6.45) is 0. The quantitative estimate of drug-likeness (QED) is 0.909. The van der Waals surface area contributed by atoms with E-state index in [-0.39, 0.29) is 5.91 Å². The first-order valence-electron chi connectivity index (χ1n) is 6.29. The van der Waals surface area contributed by atoms with E-state index in [9.17, 15) is 4.79 Å². The number of hydrogen-bond donors (Lipinski definition) is 1. The normalized spacial score (nSPS) is 9.90.